The van der Waals surface area contributed by atoms with Crippen LogP contribution >= 0.6 is 0 Å². The monoisotopic (exact) mass is 281 g/mol. The standard InChI is InChI=1S/C19H23NO/c1-2-9-19(16-17-10-5-3-6-11-17)20(14-15-21)18-12-7-4-8-13-18/h2-8,10-13,19,21H,1,9,14-16H2. The third-order valence-electron chi connectivity index (χ3n) is 3.62. The summed E-state index contributed by atoms with van der Waals surface area (Å²) in [6.45, 7) is 4.67. The van der Waals surface area contributed by atoms with Crippen LogP contribution in [0.25, 0.3) is 0 Å². The number of aliphatic hydroxyl groups is 1. The Hall–Kier alpha value is -2.06. The maximum absolute atomic E-state index is 9.41. The molecule has 1 unspecified atom stereocenters. The fourth-order valence-corrected chi connectivity index (χ4v) is 2.65. The van der Waals surface area contributed by atoms with E-state index >= 15 is 0 Å². The highest BCUT2D eigenvalue weighted by Crippen LogP contribution is 2.21. The van der Waals surface area contributed by atoms with Gasteiger partial charge in [-0.3, -0.25) is 0 Å². The third kappa shape index (κ3) is 4.47. The molecule has 2 heteroatoms. The molecule has 0 aliphatic carbocycles. The van der Waals surface area contributed by atoms with Crippen LogP contribution in [0.2, 0.25) is 0 Å². The lowest BCUT2D eigenvalue weighted by Crippen LogP contribution is -2.38. The maximum Gasteiger partial charge on any atom is 0.0606 e. The predicted octanol–water partition coefficient (Wildman–Crippen LogP) is 3.67. The van der Waals surface area contributed by atoms with Gasteiger partial charge < -0.3 is 10.0 Å². The summed E-state index contributed by atoms with van der Waals surface area (Å²) in [4.78, 5) is 2.27. The minimum absolute atomic E-state index is 0.150. The molecule has 0 radical (unpaired) electrons. The normalized spacial score (nSPS) is 11.9. The summed E-state index contributed by atoms with van der Waals surface area (Å²) in [5, 5.41) is 9.41. The number of hydrogen-bond donors (Lipinski definition) is 1. The van der Waals surface area contributed by atoms with Crippen LogP contribution in [-0.2, 0) is 6.42 Å². The molecule has 1 N–H and O–H groups in total. The Morgan fingerprint density at radius 3 is 2.19 bits per heavy atom. The van der Waals surface area contributed by atoms with Crippen molar-refractivity contribution in [3.8, 4) is 0 Å². The first kappa shape index (κ1) is 15.3. The second kappa shape index (κ2) is 8.28. The van der Waals surface area contributed by atoms with Crippen molar-refractivity contribution >= 4 is 5.69 Å². The number of aliphatic hydroxyl groups excluding tert-OH is 1. The van der Waals surface area contributed by atoms with E-state index in [-0.39, 0.29) is 6.61 Å². The molecule has 110 valence electrons. The SMILES string of the molecule is C=CCC(Cc1ccccc1)N(CCO)c1ccccc1. The lowest BCUT2D eigenvalue weighted by molar-refractivity contribution is 0.297. The van der Waals surface area contributed by atoms with Crippen LogP contribution in [0.4, 0.5) is 5.69 Å². The van der Waals surface area contributed by atoms with Crippen LogP contribution < -0.4 is 4.90 Å². The third-order valence-corrected chi connectivity index (χ3v) is 3.62. The summed E-state index contributed by atoms with van der Waals surface area (Å²) >= 11 is 0. The molecule has 0 saturated carbocycles. The van der Waals surface area contributed by atoms with Gasteiger partial charge in [0, 0.05) is 18.3 Å². The maximum atomic E-state index is 9.41. The van der Waals surface area contributed by atoms with Crippen LogP contribution in [0, 0.1) is 0 Å². The average molecular weight is 281 g/mol. The number of anilines is 1. The fourth-order valence-electron chi connectivity index (χ4n) is 2.65. The van der Waals surface area contributed by atoms with E-state index in [9.17, 15) is 5.11 Å². The molecule has 0 amide bonds. The van der Waals surface area contributed by atoms with Gasteiger partial charge in [0.1, 0.15) is 0 Å². The highest BCUT2D eigenvalue weighted by Gasteiger charge is 2.17. The van der Waals surface area contributed by atoms with Crippen molar-refractivity contribution in [3.63, 3.8) is 0 Å². The van der Waals surface area contributed by atoms with Crippen LogP contribution in [-0.4, -0.2) is 24.3 Å². The van der Waals surface area contributed by atoms with Gasteiger partial charge in [-0.05, 0) is 30.5 Å². The zero-order valence-electron chi connectivity index (χ0n) is 12.4. The summed E-state index contributed by atoms with van der Waals surface area (Å²) in [7, 11) is 0. The van der Waals surface area contributed by atoms with E-state index in [1.54, 1.807) is 0 Å². The fraction of sp³-hybridized carbons (Fsp3) is 0.263. The predicted molar refractivity (Wildman–Crippen MR) is 89.6 cm³/mol. The lowest BCUT2D eigenvalue weighted by atomic mass is 10.0. The smallest absolute Gasteiger partial charge is 0.0606 e. The van der Waals surface area contributed by atoms with E-state index in [1.165, 1.54) is 5.56 Å². The first-order valence-corrected chi connectivity index (χ1v) is 7.42. The topological polar surface area (TPSA) is 23.5 Å². The van der Waals surface area contributed by atoms with Gasteiger partial charge in [0.15, 0.2) is 0 Å². The van der Waals surface area contributed by atoms with Gasteiger partial charge in [-0.15, -0.1) is 6.58 Å². The van der Waals surface area contributed by atoms with Gasteiger partial charge in [-0.1, -0.05) is 54.6 Å². The van der Waals surface area contributed by atoms with Crippen molar-refractivity contribution in [1.29, 1.82) is 0 Å². The molecule has 0 aromatic heterocycles. The molecule has 0 spiro atoms. The second-order valence-corrected chi connectivity index (χ2v) is 5.12. The molecule has 2 nitrogen and oxygen atoms in total. The molecule has 0 heterocycles. The van der Waals surface area contributed by atoms with Gasteiger partial charge >= 0.3 is 0 Å². The molecule has 0 bridgehead atoms. The lowest BCUT2D eigenvalue weighted by Gasteiger charge is -2.33. The zero-order valence-corrected chi connectivity index (χ0v) is 12.4. The zero-order chi connectivity index (χ0) is 14.9. The van der Waals surface area contributed by atoms with E-state index in [1.807, 2.05) is 30.3 Å². The first-order valence-electron chi connectivity index (χ1n) is 7.42. The molecular formula is C19H23NO. The van der Waals surface area contributed by atoms with Crippen LogP contribution in [0.15, 0.2) is 73.3 Å². The molecule has 21 heavy (non-hydrogen) atoms. The van der Waals surface area contributed by atoms with Gasteiger partial charge in [0.25, 0.3) is 0 Å². The Balaban J connectivity index is 2.22. The largest absolute Gasteiger partial charge is 0.395 e. The molecule has 0 fully saturated rings. The summed E-state index contributed by atoms with van der Waals surface area (Å²) < 4.78 is 0. The average Bonchev–Trinajstić information content (AvgIpc) is 2.54. The van der Waals surface area contributed by atoms with Gasteiger partial charge in [-0.25, -0.2) is 0 Å². The number of benzene rings is 2. The molecule has 0 saturated heterocycles. The molecule has 2 aromatic rings. The van der Waals surface area contributed by atoms with Crippen molar-refractivity contribution in [2.24, 2.45) is 0 Å². The van der Waals surface area contributed by atoms with Crippen molar-refractivity contribution < 1.29 is 5.11 Å². The minimum atomic E-state index is 0.150. The number of nitrogens with zero attached hydrogens (tertiary/aromatic N) is 1. The summed E-state index contributed by atoms with van der Waals surface area (Å²) in [6, 6.07) is 21.1. The van der Waals surface area contributed by atoms with Crippen LogP contribution in [0.5, 0.6) is 0 Å². The minimum Gasteiger partial charge on any atom is -0.395 e. The van der Waals surface area contributed by atoms with E-state index in [0.717, 1.165) is 18.5 Å². The quantitative estimate of drug-likeness (QED) is 0.746. The summed E-state index contributed by atoms with van der Waals surface area (Å²) in [6.07, 6.45) is 3.80. The van der Waals surface area contributed by atoms with Crippen molar-refractivity contribution in [2.45, 2.75) is 18.9 Å². The molecule has 0 aliphatic heterocycles. The van der Waals surface area contributed by atoms with Crippen molar-refractivity contribution in [2.75, 3.05) is 18.1 Å². The van der Waals surface area contributed by atoms with Crippen molar-refractivity contribution in [3.05, 3.63) is 78.9 Å². The Morgan fingerprint density at radius 1 is 1.00 bits per heavy atom. The second-order valence-electron chi connectivity index (χ2n) is 5.12. The Bertz CT molecular complexity index is 524. The number of hydrogen-bond acceptors (Lipinski definition) is 2. The Morgan fingerprint density at radius 2 is 1.62 bits per heavy atom. The molecule has 2 aromatic carbocycles. The van der Waals surface area contributed by atoms with E-state index in [2.05, 4.69) is 47.9 Å². The van der Waals surface area contributed by atoms with Gasteiger partial charge in [-0.2, -0.15) is 0 Å². The Labute approximate surface area is 127 Å². The van der Waals surface area contributed by atoms with Crippen LogP contribution in [0.1, 0.15) is 12.0 Å². The van der Waals surface area contributed by atoms with Crippen LogP contribution in [0.3, 0.4) is 0 Å². The molecular weight excluding hydrogens is 258 g/mol. The van der Waals surface area contributed by atoms with Gasteiger partial charge in [0.2, 0.25) is 0 Å². The highest BCUT2D eigenvalue weighted by atomic mass is 16.3. The van der Waals surface area contributed by atoms with Crippen molar-refractivity contribution in [1.82, 2.24) is 0 Å². The molecule has 0 aliphatic rings. The number of rotatable bonds is 8. The summed E-state index contributed by atoms with van der Waals surface area (Å²) in [5.41, 5.74) is 2.46. The Kier molecular flexibility index (Phi) is 6.04. The first-order chi connectivity index (χ1) is 10.3. The van der Waals surface area contributed by atoms with Gasteiger partial charge in [0.05, 0.1) is 6.61 Å². The molecule has 2 rings (SSSR count). The summed E-state index contributed by atoms with van der Waals surface area (Å²) in [5.74, 6) is 0. The van der Waals surface area contributed by atoms with E-state index in [0.29, 0.717) is 12.6 Å². The number of para-hydroxylation sites is 1. The highest BCUT2D eigenvalue weighted by molar-refractivity contribution is 5.47. The van der Waals surface area contributed by atoms with E-state index in [4.69, 9.17) is 0 Å². The van der Waals surface area contributed by atoms with E-state index < -0.39 is 0 Å². The molecule has 1 atom stereocenters.